The zero-order valence-corrected chi connectivity index (χ0v) is 12.8. The Kier molecular flexibility index (Phi) is 3.54. The third-order valence-electron chi connectivity index (χ3n) is 4.24. The molecule has 0 amide bonds. The van der Waals surface area contributed by atoms with Crippen LogP contribution < -0.4 is 10.5 Å². The van der Waals surface area contributed by atoms with Gasteiger partial charge in [0, 0.05) is 5.56 Å². The number of nitrogens with two attached hydrogens (primary N) is 1. The van der Waals surface area contributed by atoms with Gasteiger partial charge in [-0.1, -0.05) is 12.1 Å². The van der Waals surface area contributed by atoms with E-state index in [9.17, 15) is 0 Å². The molecule has 4 rings (SSSR count). The summed E-state index contributed by atoms with van der Waals surface area (Å²) in [6, 6.07) is 11.9. The van der Waals surface area contributed by atoms with Crippen LogP contribution >= 0.6 is 0 Å². The number of ether oxygens (including phenoxy) is 1. The van der Waals surface area contributed by atoms with E-state index < -0.39 is 0 Å². The number of pyridine rings is 1. The van der Waals surface area contributed by atoms with Gasteiger partial charge in [-0.25, -0.2) is 15.0 Å². The minimum atomic E-state index is 0.346. The van der Waals surface area contributed by atoms with E-state index in [-0.39, 0.29) is 0 Å². The number of hydrogen-bond donors (Lipinski definition) is 1. The fourth-order valence-electron chi connectivity index (χ4n) is 3.05. The second-order valence-corrected chi connectivity index (χ2v) is 5.88. The predicted molar refractivity (Wildman–Crippen MR) is 90.1 cm³/mol. The molecule has 5 nitrogen and oxygen atoms in total. The topological polar surface area (TPSA) is 73.9 Å². The molecule has 0 bridgehead atoms. The lowest BCUT2D eigenvalue weighted by molar-refractivity contribution is 0.210. The molecule has 1 saturated carbocycles. The van der Waals surface area contributed by atoms with Crippen molar-refractivity contribution in [1.29, 1.82) is 0 Å². The summed E-state index contributed by atoms with van der Waals surface area (Å²) in [6.45, 7) is 0. The zero-order valence-electron chi connectivity index (χ0n) is 12.8. The SMILES string of the molecule is Nc1ncnc2ccc(-c3cccc(OC4CCCC4)c3)nc12. The van der Waals surface area contributed by atoms with Crippen LogP contribution in [0.2, 0.25) is 0 Å². The summed E-state index contributed by atoms with van der Waals surface area (Å²) in [5.74, 6) is 1.30. The van der Waals surface area contributed by atoms with Crippen molar-refractivity contribution in [2.75, 3.05) is 5.73 Å². The first-order valence-electron chi connectivity index (χ1n) is 7.94. The van der Waals surface area contributed by atoms with Gasteiger partial charge in [-0.3, -0.25) is 0 Å². The third-order valence-corrected chi connectivity index (χ3v) is 4.24. The van der Waals surface area contributed by atoms with Crippen LogP contribution in [0.1, 0.15) is 25.7 Å². The highest BCUT2D eigenvalue weighted by Crippen LogP contribution is 2.28. The lowest BCUT2D eigenvalue weighted by atomic mass is 10.1. The van der Waals surface area contributed by atoms with Crippen LogP contribution in [0.4, 0.5) is 5.82 Å². The fraction of sp³-hybridized carbons (Fsp3) is 0.278. The molecule has 5 heteroatoms. The first-order chi connectivity index (χ1) is 11.3. The Morgan fingerprint density at radius 2 is 1.91 bits per heavy atom. The first-order valence-corrected chi connectivity index (χ1v) is 7.94. The molecule has 2 N–H and O–H groups in total. The van der Waals surface area contributed by atoms with Gasteiger partial charge in [0.05, 0.1) is 17.3 Å². The summed E-state index contributed by atoms with van der Waals surface area (Å²) >= 11 is 0. The molecule has 23 heavy (non-hydrogen) atoms. The van der Waals surface area contributed by atoms with E-state index in [1.807, 2.05) is 36.4 Å². The molecule has 2 heterocycles. The van der Waals surface area contributed by atoms with Gasteiger partial charge < -0.3 is 10.5 Å². The summed E-state index contributed by atoms with van der Waals surface area (Å²) in [6.07, 6.45) is 6.61. The summed E-state index contributed by atoms with van der Waals surface area (Å²) in [5, 5.41) is 0. The molecule has 0 spiro atoms. The molecule has 2 aromatic heterocycles. The summed E-state index contributed by atoms with van der Waals surface area (Å²) in [5.41, 5.74) is 9.13. The van der Waals surface area contributed by atoms with Crippen LogP contribution in [-0.2, 0) is 0 Å². The van der Waals surface area contributed by atoms with Crippen molar-refractivity contribution < 1.29 is 4.74 Å². The van der Waals surface area contributed by atoms with Gasteiger partial charge in [-0.05, 0) is 49.9 Å². The number of nitrogens with zero attached hydrogens (tertiary/aromatic N) is 3. The largest absolute Gasteiger partial charge is 0.490 e. The van der Waals surface area contributed by atoms with Gasteiger partial charge >= 0.3 is 0 Å². The van der Waals surface area contributed by atoms with Crippen molar-refractivity contribution in [3.8, 4) is 17.0 Å². The van der Waals surface area contributed by atoms with Crippen molar-refractivity contribution in [3.05, 3.63) is 42.7 Å². The Morgan fingerprint density at radius 3 is 2.78 bits per heavy atom. The van der Waals surface area contributed by atoms with Gasteiger partial charge in [-0.2, -0.15) is 0 Å². The van der Waals surface area contributed by atoms with Crippen molar-refractivity contribution >= 4 is 16.9 Å². The number of benzene rings is 1. The van der Waals surface area contributed by atoms with E-state index in [0.29, 0.717) is 17.4 Å². The number of hydrogen-bond acceptors (Lipinski definition) is 5. The number of rotatable bonds is 3. The van der Waals surface area contributed by atoms with Crippen LogP contribution in [0.5, 0.6) is 5.75 Å². The summed E-state index contributed by atoms with van der Waals surface area (Å²) in [7, 11) is 0. The van der Waals surface area contributed by atoms with Gasteiger partial charge in [0.2, 0.25) is 0 Å². The third kappa shape index (κ3) is 2.82. The molecule has 0 atom stereocenters. The van der Waals surface area contributed by atoms with Gasteiger partial charge in [0.15, 0.2) is 5.82 Å². The molecule has 0 saturated heterocycles. The van der Waals surface area contributed by atoms with Crippen LogP contribution in [0.25, 0.3) is 22.3 Å². The van der Waals surface area contributed by atoms with Crippen LogP contribution in [0, 0.1) is 0 Å². The number of nitrogen functional groups attached to an aromatic ring is 1. The minimum Gasteiger partial charge on any atom is -0.490 e. The Morgan fingerprint density at radius 1 is 1.04 bits per heavy atom. The molecule has 0 unspecified atom stereocenters. The Labute approximate surface area is 134 Å². The predicted octanol–water partition coefficient (Wildman–Crippen LogP) is 3.60. The highest BCUT2D eigenvalue weighted by Gasteiger charge is 2.16. The van der Waals surface area contributed by atoms with E-state index >= 15 is 0 Å². The fourth-order valence-corrected chi connectivity index (χ4v) is 3.05. The van der Waals surface area contributed by atoms with E-state index in [4.69, 9.17) is 10.5 Å². The Balaban J connectivity index is 1.68. The summed E-state index contributed by atoms with van der Waals surface area (Å²) in [4.78, 5) is 12.8. The molecule has 0 aliphatic heterocycles. The average molecular weight is 306 g/mol. The van der Waals surface area contributed by atoms with Crippen LogP contribution in [0.15, 0.2) is 42.7 Å². The molecule has 1 aromatic carbocycles. The van der Waals surface area contributed by atoms with Crippen LogP contribution in [0.3, 0.4) is 0 Å². The lowest BCUT2D eigenvalue weighted by Gasteiger charge is -2.13. The molecule has 1 fully saturated rings. The van der Waals surface area contributed by atoms with E-state index in [1.165, 1.54) is 19.2 Å². The maximum absolute atomic E-state index is 6.07. The first kappa shape index (κ1) is 13.9. The monoisotopic (exact) mass is 306 g/mol. The maximum Gasteiger partial charge on any atom is 0.153 e. The maximum atomic E-state index is 6.07. The molecule has 1 aliphatic rings. The highest BCUT2D eigenvalue weighted by molar-refractivity contribution is 5.85. The molecule has 116 valence electrons. The van der Waals surface area contributed by atoms with Crippen molar-refractivity contribution in [2.24, 2.45) is 0 Å². The average Bonchev–Trinajstić information content (AvgIpc) is 3.08. The van der Waals surface area contributed by atoms with Crippen molar-refractivity contribution in [1.82, 2.24) is 15.0 Å². The van der Waals surface area contributed by atoms with Crippen molar-refractivity contribution in [2.45, 2.75) is 31.8 Å². The summed E-state index contributed by atoms with van der Waals surface area (Å²) < 4.78 is 6.07. The Bertz CT molecular complexity index is 843. The van der Waals surface area contributed by atoms with Crippen LogP contribution in [-0.4, -0.2) is 21.1 Å². The van der Waals surface area contributed by atoms with Gasteiger partial charge in [-0.15, -0.1) is 0 Å². The molecular formula is C18H18N4O. The number of anilines is 1. The zero-order chi connectivity index (χ0) is 15.6. The quantitative estimate of drug-likeness (QED) is 0.800. The molecule has 0 radical (unpaired) electrons. The highest BCUT2D eigenvalue weighted by atomic mass is 16.5. The molecule has 3 aromatic rings. The Hall–Kier alpha value is -2.69. The normalized spacial score (nSPS) is 15.1. The number of aromatic nitrogens is 3. The lowest BCUT2D eigenvalue weighted by Crippen LogP contribution is -2.10. The molecule has 1 aliphatic carbocycles. The number of fused-ring (bicyclic) bond motifs is 1. The second-order valence-electron chi connectivity index (χ2n) is 5.88. The van der Waals surface area contributed by atoms with E-state index in [2.05, 4.69) is 15.0 Å². The van der Waals surface area contributed by atoms with E-state index in [1.54, 1.807) is 0 Å². The van der Waals surface area contributed by atoms with E-state index in [0.717, 1.165) is 35.4 Å². The standard InChI is InChI=1S/C18H18N4O/c19-18-17-16(20-11-21-18)9-8-15(22-17)12-4-3-7-14(10-12)23-13-5-1-2-6-13/h3-4,7-11,13H,1-2,5-6H2,(H2,19,20,21). The van der Waals surface area contributed by atoms with Gasteiger partial charge in [0.1, 0.15) is 17.6 Å². The smallest absolute Gasteiger partial charge is 0.153 e. The minimum absolute atomic E-state index is 0.346. The molecular weight excluding hydrogens is 288 g/mol. The van der Waals surface area contributed by atoms with Gasteiger partial charge in [0.25, 0.3) is 0 Å². The van der Waals surface area contributed by atoms with Crippen molar-refractivity contribution in [3.63, 3.8) is 0 Å². The second kappa shape index (κ2) is 5.83.